The first-order chi connectivity index (χ1) is 9.28. The summed E-state index contributed by atoms with van der Waals surface area (Å²) in [5, 5.41) is 1.27. The average Bonchev–Trinajstić information content (AvgIpc) is 2.77. The molecule has 1 aromatic heterocycles. The lowest BCUT2D eigenvalue weighted by molar-refractivity contribution is -0.693. The van der Waals surface area contributed by atoms with Crippen LogP contribution >= 0.6 is 11.8 Å². The highest BCUT2D eigenvalue weighted by Gasteiger charge is 2.20. The van der Waals surface area contributed by atoms with Crippen LogP contribution in [-0.4, -0.2) is 7.05 Å². The fourth-order valence-electron chi connectivity index (χ4n) is 2.17. The lowest BCUT2D eigenvalue weighted by Gasteiger charge is -2.13. The highest BCUT2D eigenvalue weighted by molar-refractivity contribution is 8.03. The van der Waals surface area contributed by atoms with Gasteiger partial charge in [-0.15, -0.1) is 0 Å². The second-order valence-corrected chi connectivity index (χ2v) is 5.64. The number of para-hydroxylation sites is 1. The van der Waals surface area contributed by atoms with Gasteiger partial charge in [0, 0.05) is 24.1 Å². The molecule has 3 heteroatoms. The van der Waals surface area contributed by atoms with E-state index < -0.39 is 0 Å². The van der Waals surface area contributed by atoms with Gasteiger partial charge in [-0.1, -0.05) is 23.9 Å². The SMILES string of the molecule is CC[n+]1ccc(/C=C2/Sc3ccccc3N2C)cc1. The van der Waals surface area contributed by atoms with Crippen molar-refractivity contribution in [3.63, 3.8) is 0 Å². The molecular formula is C16H17N2S+. The van der Waals surface area contributed by atoms with E-state index in [9.17, 15) is 0 Å². The van der Waals surface area contributed by atoms with Crippen molar-refractivity contribution in [3.8, 4) is 0 Å². The summed E-state index contributed by atoms with van der Waals surface area (Å²) in [5.41, 5.74) is 2.53. The maximum Gasteiger partial charge on any atom is 0.169 e. The van der Waals surface area contributed by atoms with Gasteiger partial charge in [0.1, 0.15) is 6.54 Å². The van der Waals surface area contributed by atoms with E-state index >= 15 is 0 Å². The summed E-state index contributed by atoms with van der Waals surface area (Å²) < 4.78 is 2.17. The molecule has 0 spiro atoms. The van der Waals surface area contributed by atoms with Gasteiger partial charge in [-0.25, -0.2) is 4.57 Å². The maximum absolute atomic E-state index is 2.25. The van der Waals surface area contributed by atoms with Crippen LogP contribution in [-0.2, 0) is 6.54 Å². The van der Waals surface area contributed by atoms with E-state index in [1.165, 1.54) is 21.2 Å². The Balaban J connectivity index is 1.89. The third-order valence-corrected chi connectivity index (χ3v) is 4.51. The second-order valence-electron chi connectivity index (χ2n) is 4.57. The van der Waals surface area contributed by atoms with E-state index in [-0.39, 0.29) is 0 Å². The lowest BCUT2D eigenvalue weighted by atomic mass is 10.2. The summed E-state index contributed by atoms with van der Waals surface area (Å²) in [6.07, 6.45) is 6.49. The van der Waals surface area contributed by atoms with Crippen LogP contribution in [0.1, 0.15) is 12.5 Å². The molecule has 1 aromatic carbocycles. The van der Waals surface area contributed by atoms with Crippen LogP contribution in [0.2, 0.25) is 0 Å². The van der Waals surface area contributed by atoms with Crippen LogP contribution in [0.15, 0.2) is 58.7 Å². The molecule has 1 aliphatic heterocycles. The summed E-state index contributed by atoms with van der Waals surface area (Å²) in [7, 11) is 2.12. The Kier molecular flexibility index (Phi) is 3.30. The topological polar surface area (TPSA) is 7.12 Å². The first-order valence-corrected chi connectivity index (χ1v) is 7.31. The molecule has 0 radical (unpaired) electrons. The molecule has 1 aliphatic rings. The zero-order valence-corrected chi connectivity index (χ0v) is 12.0. The van der Waals surface area contributed by atoms with Gasteiger partial charge in [0.15, 0.2) is 12.4 Å². The molecule has 2 heterocycles. The normalized spacial score (nSPS) is 15.9. The minimum absolute atomic E-state index is 1.01. The van der Waals surface area contributed by atoms with Crippen molar-refractivity contribution < 1.29 is 4.57 Å². The van der Waals surface area contributed by atoms with Crippen LogP contribution in [0.3, 0.4) is 0 Å². The van der Waals surface area contributed by atoms with Gasteiger partial charge in [0.2, 0.25) is 0 Å². The molecule has 96 valence electrons. The quantitative estimate of drug-likeness (QED) is 0.770. The number of thioether (sulfide) groups is 1. The van der Waals surface area contributed by atoms with E-state index in [2.05, 4.69) is 78.3 Å². The number of nitrogens with zero attached hydrogens (tertiary/aromatic N) is 2. The van der Waals surface area contributed by atoms with Crippen LogP contribution in [0.25, 0.3) is 6.08 Å². The Morgan fingerprint density at radius 1 is 1.16 bits per heavy atom. The van der Waals surface area contributed by atoms with E-state index in [1.807, 2.05) is 11.8 Å². The molecule has 0 unspecified atom stereocenters. The van der Waals surface area contributed by atoms with Crippen LogP contribution in [0.4, 0.5) is 5.69 Å². The first-order valence-electron chi connectivity index (χ1n) is 6.49. The molecule has 2 nitrogen and oxygen atoms in total. The van der Waals surface area contributed by atoms with Crippen LogP contribution in [0, 0.1) is 0 Å². The Hall–Kier alpha value is -1.74. The van der Waals surface area contributed by atoms with Gasteiger partial charge in [-0.3, -0.25) is 0 Å². The summed E-state index contributed by atoms with van der Waals surface area (Å²) >= 11 is 1.83. The number of anilines is 1. The summed E-state index contributed by atoms with van der Waals surface area (Å²) in [6.45, 7) is 3.16. The van der Waals surface area contributed by atoms with Gasteiger partial charge in [-0.2, -0.15) is 0 Å². The number of pyridine rings is 1. The predicted molar refractivity (Wildman–Crippen MR) is 81.0 cm³/mol. The van der Waals surface area contributed by atoms with Gasteiger partial charge < -0.3 is 4.90 Å². The number of rotatable bonds is 2. The van der Waals surface area contributed by atoms with E-state index in [1.54, 1.807) is 0 Å². The second kappa shape index (κ2) is 5.10. The smallest absolute Gasteiger partial charge is 0.169 e. The molecule has 2 aromatic rings. The van der Waals surface area contributed by atoms with Gasteiger partial charge in [0.05, 0.1) is 10.7 Å². The molecule has 0 aliphatic carbocycles. The zero-order chi connectivity index (χ0) is 13.2. The summed E-state index contributed by atoms with van der Waals surface area (Å²) in [4.78, 5) is 3.58. The molecule has 0 saturated carbocycles. The molecule has 19 heavy (non-hydrogen) atoms. The predicted octanol–water partition coefficient (Wildman–Crippen LogP) is 3.53. The lowest BCUT2D eigenvalue weighted by Crippen LogP contribution is -2.30. The molecular weight excluding hydrogens is 252 g/mol. The van der Waals surface area contributed by atoms with Crippen molar-refractivity contribution >= 4 is 23.5 Å². The zero-order valence-electron chi connectivity index (χ0n) is 11.2. The Morgan fingerprint density at radius 3 is 2.58 bits per heavy atom. The number of hydrogen-bond acceptors (Lipinski definition) is 2. The van der Waals surface area contributed by atoms with E-state index in [0.717, 1.165) is 6.54 Å². The minimum atomic E-state index is 1.01. The van der Waals surface area contributed by atoms with Gasteiger partial charge in [-0.05, 0) is 30.7 Å². The van der Waals surface area contributed by atoms with Crippen molar-refractivity contribution in [2.24, 2.45) is 0 Å². The molecule has 0 N–H and O–H groups in total. The molecule has 3 rings (SSSR count). The molecule has 0 bridgehead atoms. The highest BCUT2D eigenvalue weighted by Crippen LogP contribution is 2.45. The molecule has 0 saturated heterocycles. The van der Waals surface area contributed by atoms with Crippen LogP contribution < -0.4 is 9.47 Å². The van der Waals surface area contributed by atoms with Gasteiger partial charge >= 0.3 is 0 Å². The van der Waals surface area contributed by atoms with Crippen molar-refractivity contribution in [1.82, 2.24) is 0 Å². The first kappa shape index (κ1) is 12.3. The molecule has 0 fully saturated rings. The third-order valence-electron chi connectivity index (χ3n) is 3.34. The van der Waals surface area contributed by atoms with Gasteiger partial charge in [0.25, 0.3) is 0 Å². The standard InChI is InChI=1S/C16H17N2S/c1-3-18-10-8-13(9-11-18)12-16-17(2)14-6-4-5-7-15(14)19-16/h4-12H,3H2,1-2H3/q+1. The van der Waals surface area contributed by atoms with E-state index in [4.69, 9.17) is 0 Å². The number of aryl methyl sites for hydroxylation is 1. The van der Waals surface area contributed by atoms with Crippen molar-refractivity contribution in [3.05, 3.63) is 59.4 Å². The average molecular weight is 269 g/mol. The van der Waals surface area contributed by atoms with Crippen molar-refractivity contribution in [2.45, 2.75) is 18.4 Å². The number of benzene rings is 1. The van der Waals surface area contributed by atoms with E-state index in [0.29, 0.717) is 0 Å². The monoisotopic (exact) mass is 269 g/mol. The van der Waals surface area contributed by atoms with Crippen molar-refractivity contribution in [1.29, 1.82) is 0 Å². The number of fused-ring (bicyclic) bond motifs is 1. The fourth-order valence-corrected chi connectivity index (χ4v) is 3.28. The third kappa shape index (κ3) is 2.38. The van der Waals surface area contributed by atoms with Crippen LogP contribution in [0.5, 0.6) is 0 Å². The summed E-state index contributed by atoms with van der Waals surface area (Å²) in [6, 6.07) is 12.8. The minimum Gasteiger partial charge on any atom is -0.338 e. The largest absolute Gasteiger partial charge is 0.338 e. The Labute approximate surface area is 118 Å². The molecule has 0 amide bonds. The molecule has 0 atom stereocenters. The highest BCUT2D eigenvalue weighted by atomic mass is 32.2. The number of aromatic nitrogens is 1. The maximum atomic E-state index is 2.25. The fraction of sp³-hybridized carbons (Fsp3) is 0.188. The Morgan fingerprint density at radius 2 is 1.89 bits per heavy atom. The van der Waals surface area contributed by atoms with Crippen molar-refractivity contribution in [2.75, 3.05) is 11.9 Å². The Bertz CT molecular complexity index is 617. The summed E-state index contributed by atoms with van der Waals surface area (Å²) in [5.74, 6) is 0. The number of hydrogen-bond donors (Lipinski definition) is 0.